The van der Waals surface area contributed by atoms with Crippen molar-refractivity contribution >= 4 is 17.0 Å². The van der Waals surface area contributed by atoms with Crippen LogP contribution in [0.1, 0.15) is 37.0 Å². The third-order valence-corrected chi connectivity index (χ3v) is 4.94. The van der Waals surface area contributed by atoms with Gasteiger partial charge >= 0.3 is 0 Å². The van der Waals surface area contributed by atoms with Gasteiger partial charge in [-0.15, -0.1) is 11.3 Å². The minimum Gasteiger partial charge on any atom is -0.235 e. The fraction of sp³-hybridized carbons (Fsp3) is 0.533. The van der Waals surface area contributed by atoms with E-state index in [1.807, 2.05) is 11.3 Å². The Morgan fingerprint density at radius 3 is 2.94 bits per heavy atom. The molecule has 3 rings (SSSR count). The molecule has 0 bridgehead atoms. The maximum atomic E-state index is 2.49. The van der Waals surface area contributed by atoms with E-state index in [1.54, 1.807) is 16.9 Å². The standard InChI is InChI=1S/C15H20NS/c1-16-9-8-12-5-2-3-7-14(12)15(16)11-13-6-4-10-17-13/h4,6,10H,2-3,5,7-9,11H2,1H3/q+1. The van der Waals surface area contributed by atoms with Gasteiger partial charge in [-0.25, -0.2) is 4.58 Å². The predicted molar refractivity (Wildman–Crippen MR) is 74.2 cm³/mol. The summed E-state index contributed by atoms with van der Waals surface area (Å²) in [6, 6.07) is 4.43. The third kappa shape index (κ3) is 2.23. The molecule has 0 fully saturated rings. The zero-order chi connectivity index (χ0) is 11.7. The Kier molecular flexibility index (Phi) is 3.15. The molecule has 1 aromatic rings. The molecule has 0 saturated heterocycles. The summed E-state index contributed by atoms with van der Waals surface area (Å²) in [5.74, 6) is 0. The lowest BCUT2D eigenvalue weighted by atomic mass is 9.84. The highest BCUT2D eigenvalue weighted by Crippen LogP contribution is 2.31. The normalized spacial score (nSPS) is 20.8. The molecule has 2 heteroatoms. The topological polar surface area (TPSA) is 3.01 Å². The molecule has 0 aromatic carbocycles. The molecule has 0 atom stereocenters. The van der Waals surface area contributed by atoms with Crippen molar-refractivity contribution in [3.63, 3.8) is 0 Å². The van der Waals surface area contributed by atoms with Gasteiger partial charge in [-0.3, -0.25) is 0 Å². The molecular formula is C15H20NS+. The van der Waals surface area contributed by atoms with Gasteiger partial charge in [0.2, 0.25) is 0 Å². The van der Waals surface area contributed by atoms with Crippen molar-refractivity contribution in [1.82, 2.24) is 0 Å². The first kappa shape index (κ1) is 11.2. The number of hydrogen-bond donors (Lipinski definition) is 0. The van der Waals surface area contributed by atoms with E-state index in [4.69, 9.17) is 0 Å². The molecule has 90 valence electrons. The van der Waals surface area contributed by atoms with Crippen LogP contribution in [0.5, 0.6) is 0 Å². The van der Waals surface area contributed by atoms with Crippen molar-refractivity contribution in [2.24, 2.45) is 0 Å². The van der Waals surface area contributed by atoms with Crippen molar-refractivity contribution in [2.75, 3.05) is 13.6 Å². The highest BCUT2D eigenvalue weighted by atomic mass is 32.1. The summed E-state index contributed by atoms with van der Waals surface area (Å²) >= 11 is 1.89. The zero-order valence-electron chi connectivity index (χ0n) is 10.5. The molecule has 0 saturated carbocycles. The van der Waals surface area contributed by atoms with Crippen molar-refractivity contribution < 1.29 is 4.58 Å². The third-order valence-electron chi connectivity index (χ3n) is 4.06. The van der Waals surface area contributed by atoms with E-state index in [9.17, 15) is 0 Å². The number of hydrogen-bond acceptors (Lipinski definition) is 1. The molecular weight excluding hydrogens is 226 g/mol. The van der Waals surface area contributed by atoms with Crippen molar-refractivity contribution in [3.8, 4) is 0 Å². The molecule has 0 N–H and O–H groups in total. The van der Waals surface area contributed by atoms with Crippen LogP contribution in [0.15, 0.2) is 28.7 Å². The van der Waals surface area contributed by atoms with E-state index < -0.39 is 0 Å². The molecule has 1 aromatic heterocycles. The summed E-state index contributed by atoms with van der Waals surface area (Å²) in [6.07, 6.45) is 7.93. The lowest BCUT2D eigenvalue weighted by Crippen LogP contribution is -2.29. The maximum Gasteiger partial charge on any atom is 0.184 e. The van der Waals surface area contributed by atoms with Crippen LogP contribution in [0.25, 0.3) is 0 Å². The second kappa shape index (κ2) is 4.77. The first-order chi connectivity index (χ1) is 8.34. The Hall–Kier alpha value is -0.890. The fourth-order valence-electron chi connectivity index (χ4n) is 3.08. The highest BCUT2D eigenvalue weighted by molar-refractivity contribution is 7.10. The average Bonchev–Trinajstić information content (AvgIpc) is 2.86. The number of rotatable bonds is 2. The minimum absolute atomic E-state index is 1.15. The van der Waals surface area contributed by atoms with Crippen molar-refractivity contribution in [2.45, 2.75) is 38.5 Å². The summed E-state index contributed by atoms with van der Waals surface area (Å²) in [4.78, 5) is 1.51. The van der Waals surface area contributed by atoms with Gasteiger partial charge in [0, 0.05) is 16.9 Å². The Labute approximate surface area is 107 Å². The highest BCUT2D eigenvalue weighted by Gasteiger charge is 2.27. The summed E-state index contributed by atoms with van der Waals surface area (Å²) in [5.41, 5.74) is 5.08. The van der Waals surface area contributed by atoms with Gasteiger partial charge in [-0.1, -0.05) is 11.6 Å². The first-order valence-corrected chi connectivity index (χ1v) is 7.53. The molecule has 0 spiro atoms. The van der Waals surface area contributed by atoms with Crippen LogP contribution in [0.4, 0.5) is 0 Å². The van der Waals surface area contributed by atoms with E-state index in [1.165, 1.54) is 43.5 Å². The van der Waals surface area contributed by atoms with E-state index in [-0.39, 0.29) is 0 Å². The number of allylic oxidation sites excluding steroid dienone is 1. The summed E-state index contributed by atoms with van der Waals surface area (Å²) in [5, 5.41) is 2.19. The minimum atomic E-state index is 1.15. The first-order valence-electron chi connectivity index (χ1n) is 6.65. The van der Waals surface area contributed by atoms with Gasteiger partial charge < -0.3 is 0 Å². The van der Waals surface area contributed by atoms with Gasteiger partial charge in [0.05, 0.1) is 6.42 Å². The number of nitrogens with zero attached hydrogens (tertiary/aromatic N) is 1. The van der Waals surface area contributed by atoms with Gasteiger partial charge in [0.15, 0.2) is 5.71 Å². The average molecular weight is 246 g/mol. The lowest BCUT2D eigenvalue weighted by molar-refractivity contribution is -0.499. The van der Waals surface area contributed by atoms with Crippen LogP contribution < -0.4 is 0 Å². The predicted octanol–water partition coefficient (Wildman–Crippen LogP) is 3.65. The molecule has 2 aliphatic rings. The monoisotopic (exact) mass is 246 g/mol. The molecule has 17 heavy (non-hydrogen) atoms. The Bertz CT molecular complexity index is 465. The van der Waals surface area contributed by atoms with Crippen LogP contribution in [-0.4, -0.2) is 23.9 Å². The van der Waals surface area contributed by atoms with Crippen LogP contribution in [0.3, 0.4) is 0 Å². The fourth-order valence-corrected chi connectivity index (χ4v) is 3.79. The van der Waals surface area contributed by atoms with E-state index in [0.29, 0.717) is 0 Å². The molecule has 1 aliphatic carbocycles. The molecule has 0 unspecified atom stereocenters. The van der Waals surface area contributed by atoms with Crippen LogP contribution in [0.2, 0.25) is 0 Å². The zero-order valence-corrected chi connectivity index (χ0v) is 11.4. The molecule has 1 nitrogen and oxygen atoms in total. The van der Waals surface area contributed by atoms with E-state index >= 15 is 0 Å². The lowest BCUT2D eigenvalue weighted by Gasteiger charge is -2.24. The summed E-state index contributed by atoms with van der Waals surface area (Å²) in [6.45, 7) is 1.22. The molecule has 2 heterocycles. The summed E-state index contributed by atoms with van der Waals surface area (Å²) in [7, 11) is 2.27. The SMILES string of the molecule is C[N+]1=C(Cc2cccs2)C2=C(CCCC2)CC1. The maximum absolute atomic E-state index is 2.49. The summed E-state index contributed by atoms with van der Waals surface area (Å²) < 4.78 is 2.49. The van der Waals surface area contributed by atoms with E-state index in [2.05, 4.69) is 29.1 Å². The molecule has 1 aliphatic heterocycles. The van der Waals surface area contributed by atoms with Crippen molar-refractivity contribution in [1.29, 1.82) is 0 Å². The van der Waals surface area contributed by atoms with Gasteiger partial charge in [0.1, 0.15) is 13.6 Å². The van der Waals surface area contributed by atoms with E-state index in [0.717, 1.165) is 6.42 Å². The Morgan fingerprint density at radius 1 is 1.24 bits per heavy atom. The quantitative estimate of drug-likeness (QED) is 0.701. The Balaban J connectivity index is 1.92. The van der Waals surface area contributed by atoms with Crippen LogP contribution >= 0.6 is 11.3 Å². The molecule has 0 amide bonds. The van der Waals surface area contributed by atoms with Crippen molar-refractivity contribution in [3.05, 3.63) is 33.5 Å². The van der Waals surface area contributed by atoms with Crippen LogP contribution in [0, 0.1) is 0 Å². The van der Waals surface area contributed by atoms with Gasteiger partial charge in [-0.05, 0) is 37.1 Å². The van der Waals surface area contributed by atoms with Gasteiger partial charge in [-0.2, -0.15) is 0 Å². The van der Waals surface area contributed by atoms with Gasteiger partial charge in [0.25, 0.3) is 0 Å². The Morgan fingerprint density at radius 2 is 2.12 bits per heavy atom. The largest absolute Gasteiger partial charge is 0.235 e. The molecule has 0 radical (unpaired) electrons. The smallest absolute Gasteiger partial charge is 0.184 e. The van der Waals surface area contributed by atoms with Crippen LogP contribution in [-0.2, 0) is 6.42 Å². The second-order valence-corrected chi connectivity index (χ2v) is 6.20. The number of thiophene rings is 1. The second-order valence-electron chi connectivity index (χ2n) is 5.16.